The summed E-state index contributed by atoms with van der Waals surface area (Å²) in [6.45, 7) is 2.61. The van der Waals surface area contributed by atoms with Crippen LogP contribution in [0.4, 0.5) is 10.1 Å². The number of nitro groups is 1. The fraction of sp³-hybridized carbons (Fsp3) is 0.500. The van der Waals surface area contributed by atoms with Crippen LogP contribution in [-0.2, 0) is 0 Å². The van der Waals surface area contributed by atoms with E-state index in [0.717, 1.165) is 25.0 Å². The van der Waals surface area contributed by atoms with E-state index in [-0.39, 0.29) is 18.3 Å². The van der Waals surface area contributed by atoms with Crippen LogP contribution in [0, 0.1) is 33.2 Å². The van der Waals surface area contributed by atoms with Gasteiger partial charge in [0.2, 0.25) is 5.82 Å². The van der Waals surface area contributed by atoms with Crippen molar-refractivity contribution in [2.45, 2.75) is 25.3 Å². The number of nitriles is 1. The summed E-state index contributed by atoms with van der Waals surface area (Å²) in [6.07, 6.45) is 1.91. The Hall–Kier alpha value is -2.20. The molecule has 0 amide bonds. The zero-order valence-corrected chi connectivity index (χ0v) is 11.6. The number of hydrogen-bond acceptors (Lipinski definition) is 5. The number of ether oxygens (including phenoxy) is 1. The minimum atomic E-state index is -0.949. The van der Waals surface area contributed by atoms with E-state index in [1.165, 1.54) is 6.07 Å². The molecule has 1 atom stereocenters. The molecule has 1 aromatic rings. The molecular formula is C14H16FN3O3. The van der Waals surface area contributed by atoms with Crippen molar-refractivity contribution in [2.75, 3.05) is 13.2 Å². The number of likely N-dealkylation sites (N-methyl/N-ethyl adjacent to an activating group) is 1. The molecule has 0 radical (unpaired) electrons. The second-order valence-electron chi connectivity index (χ2n) is 5.05. The first-order valence-corrected chi connectivity index (χ1v) is 6.75. The number of benzene rings is 1. The molecule has 6 nitrogen and oxygen atoms in total. The van der Waals surface area contributed by atoms with Crippen LogP contribution in [0.15, 0.2) is 18.2 Å². The molecule has 1 aromatic carbocycles. The summed E-state index contributed by atoms with van der Waals surface area (Å²) in [7, 11) is 0. The van der Waals surface area contributed by atoms with Crippen molar-refractivity contribution in [3.63, 3.8) is 0 Å². The Balaban J connectivity index is 2.09. The molecular weight excluding hydrogens is 277 g/mol. The second kappa shape index (κ2) is 6.06. The van der Waals surface area contributed by atoms with Gasteiger partial charge in [0.15, 0.2) is 0 Å². The Labute approximate surface area is 121 Å². The highest BCUT2D eigenvalue weighted by Gasteiger charge is 2.46. The number of halogens is 1. The lowest BCUT2D eigenvalue weighted by Gasteiger charge is -2.27. The number of rotatable bonds is 7. The van der Waals surface area contributed by atoms with E-state index in [2.05, 4.69) is 11.4 Å². The smallest absolute Gasteiger partial charge is 0.305 e. The highest BCUT2D eigenvalue weighted by Crippen LogP contribution is 2.39. The maximum atomic E-state index is 13.5. The summed E-state index contributed by atoms with van der Waals surface area (Å²) in [5.74, 6) is -0.545. The van der Waals surface area contributed by atoms with E-state index >= 15 is 0 Å². The molecule has 0 bridgehead atoms. The summed E-state index contributed by atoms with van der Waals surface area (Å²) in [4.78, 5) is 9.76. The van der Waals surface area contributed by atoms with Crippen molar-refractivity contribution in [3.8, 4) is 11.8 Å². The van der Waals surface area contributed by atoms with Gasteiger partial charge in [0.1, 0.15) is 17.9 Å². The highest BCUT2D eigenvalue weighted by atomic mass is 19.1. The second-order valence-corrected chi connectivity index (χ2v) is 5.05. The lowest BCUT2D eigenvalue weighted by molar-refractivity contribution is -0.387. The first-order valence-electron chi connectivity index (χ1n) is 6.75. The molecule has 2 rings (SSSR count). The quantitative estimate of drug-likeness (QED) is 0.616. The van der Waals surface area contributed by atoms with Crippen LogP contribution < -0.4 is 10.1 Å². The van der Waals surface area contributed by atoms with E-state index in [9.17, 15) is 19.8 Å². The van der Waals surface area contributed by atoms with Crippen LogP contribution in [0.1, 0.15) is 19.8 Å². The fourth-order valence-corrected chi connectivity index (χ4v) is 2.29. The SMILES string of the molecule is CCNC(C#N)(COc1ccc([N+](=O)[O-])c(F)c1)C1CC1. The average molecular weight is 293 g/mol. The summed E-state index contributed by atoms with van der Waals surface area (Å²) in [5, 5.41) is 23.1. The number of nitrogens with zero attached hydrogens (tertiary/aromatic N) is 2. The van der Waals surface area contributed by atoms with Crippen molar-refractivity contribution in [2.24, 2.45) is 5.92 Å². The molecule has 0 saturated heterocycles. The summed E-state index contributed by atoms with van der Waals surface area (Å²) in [6, 6.07) is 5.62. The fourth-order valence-electron chi connectivity index (χ4n) is 2.29. The van der Waals surface area contributed by atoms with E-state index in [4.69, 9.17) is 4.74 Å². The van der Waals surface area contributed by atoms with Gasteiger partial charge in [-0.2, -0.15) is 9.65 Å². The molecule has 1 aliphatic rings. The molecule has 0 aromatic heterocycles. The molecule has 1 N–H and O–H groups in total. The van der Waals surface area contributed by atoms with Crippen LogP contribution in [0.25, 0.3) is 0 Å². The third kappa shape index (κ3) is 3.28. The molecule has 0 heterocycles. The average Bonchev–Trinajstić information content (AvgIpc) is 3.28. The van der Waals surface area contributed by atoms with Crippen molar-refractivity contribution in [3.05, 3.63) is 34.1 Å². The van der Waals surface area contributed by atoms with E-state index in [0.29, 0.717) is 6.54 Å². The van der Waals surface area contributed by atoms with Crippen molar-refractivity contribution in [1.29, 1.82) is 5.26 Å². The number of nitro benzene ring substituents is 1. The van der Waals surface area contributed by atoms with Crippen molar-refractivity contribution >= 4 is 5.69 Å². The third-order valence-corrected chi connectivity index (χ3v) is 3.55. The summed E-state index contributed by atoms with van der Waals surface area (Å²) >= 11 is 0. The van der Waals surface area contributed by atoms with Crippen LogP contribution >= 0.6 is 0 Å². The van der Waals surface area contributed by atoms with Gasteiger partial charge in [-0.05, 0) is 31.4 Å². The lowest BCUT2D eigenvalue weighted by Crippen LogP contribution is -2.50. The molecule has 7 heteroatoms. The van der Waals surface area contributed by atoms with Gasteiger partial charge in [0.25, 0.3) is 0 Å². The first kappa shape index (κ1) is 15.2. The Morgan fingerprint density at radius 2 is 2.33 bits per heavy atom. The Bertz CT molecular complexity index is 583. The summed E-state index contributed by atoms with van der Waals surface area (Å²) < 4.78 is 19.0. The molecule has 112 valence electrons. The van der Waals surface area contributed by atoms with Crippen LogP contribution in [0.3, 0.4) is 0 Å². The normalized spacial score (nSPS) is 16.8. The van der Waals surface area contributed by atoms with Gasteiger partial charge < -0.3 is 4.74 Å². The Morgan fingerprint density at radius 3 is 2.81 bits per heavy atom. The zero-order valence-electron chi connectivity index (χ0n) is 11.6. The summed E-state index contributed by atoms with van der Waals surface area (Å²) in [5.41, 5.74) is -1.38. The van der Waals surface area contributed by atoms with Crippen molar-refractivity contribution in [1.82, 2.24) is 5.32 Å². The Morgan fingerprint density at radius 1 is 1.62 bits per heavy atom. The predicted molar refractivity (Wildman–Crippen MR) is 73.3 cm³/mol. The molecule has 1 unspecified atom stereocenters. The van der Waals surface area contributed by atoms with Gasteiger partial charge in [-0.3, -0.25) is 15.4 Å². The van der Waals surface area contributed by atoms with Crippen LogP contribution in [0.2, 0.25) is 0 Å². The minimum absolute atomic E-state index is 0.0826. The number of hydrogen-bond donors (Lipinski definition) is 1. The number of nitrogens with one attached hydrogen (secondary N) is 1. The maximum Gasteiger partial charge on any atom is 0.305 e. The first-order chi connectivity index (χ1) is 10.0. The van der Waals surface area contributed by atoms with Gasteiger partial charge in [-0.1, -0.05) is 6.92 Å². The van der Waals surface area contributed by atoms with Gasteiger partial charge in [0.05, 0.1) is 11.0 Å². The van der Waals surface area contributed by atoms with Crippen LogP contribution in [0.5, 0.6) is 5.75 Å². The van der Waals surface area contributed by atoms with E-state index in [1.807, 2.05) is 6.92 Å². The van der Waals surface area contributed by atoms with Crippen LogP contribution in [-0.4, -0.2) is 23.6 Å². The molecule has 1 fully saturated rings. The Kier molecular flexibility index (Phi) is 4.38. The van der Waals surface area contributed by atoms with Gasteiger partial charge in [-0.15, -0.1) is 0 Å². The standard InChI is InChI=1S/C14H16FN3O3/c1-2-17-14(8-16,10-3-4-10)9-21-11-5-6-13(18(19)20)12(15)7-11/h5-7,10,17H,2-4,9H2,1H3. The lowest BCUT2D eigenvalue weighted by atomic mass is 9.96. The topological polar surface area (TPSA) is 88.2 Å². The maximum absolute atomic E-state index is 13.5. The van der Waals surface area contributed by atoms with Gasteiger partial charge in [0, 0.05) is 12.1 Å². The minimum Gasteiger partial charge on any atom is -0.490 e. The highest BCUT2D eigenvalue weighted by molar-refractivity contribution is 5.38. The zero-order chi connectivity index (χ0) is 15.5. The predicted octanol–water partition coefficient (Wildman–Crippen LogP) is 2.39. The molecule has 1 saturated carbocycles. The third-order valence-electron chi connectivity index (χ3n) is 3.55. The largest absolute Gasteiger partial charge is 0.490 e. The van der Waals surface area contributed by atoms with Crippen molar-refractivity contribution < 1.29 is 14.1 Å². The molecule has 0 spiro atoms. The van der Waals surface area contributed by atoms with Gasteiger partial charge >= 0.3 is 5.69 Å². The molecule has 0 aliphatic heterocycles. The molecule has 1 aliphatic carbocycles. The van der Waals surface area contributed by atoms with E-state index < -0.39 is 22.0 Å². The van der Waals surface area contributed by atoms with Gasteiger partial charge in [-0.25, -0.2) is 0 Å². The van der Waals surface area contributed by atoms with E-state index in [1.54, 1.807) is 0 Å². The monoisotopic (exact) mass is 293 g/mol. The molecule has 21 heavy (non-hydrogen) atoms.